The maximum absolute atomic E-state index is 14.3. The molecular weight excluding hydrogens is 1060 g/mol. The van der Waals surface area contributed by atoms with Gasteiger partial charge in [0.25, 0.3) is 0 Å². The number of carbonyl (C=O) groups excluding carboxylic acids is 11. The van der Waals surface area contributed by atoms with Crippen molar-refractivity contribution in [3.8, 4) is 0 Å². The molecule has 1 aliphatic rings. The van der Waals surface area contributed by atoms with Gasteiger partial charge in [-0.05, 0) is 78.1 Å². The SMILES string of the molecule is CCCCCCCC(=O)N[C@@H](CCN)C(=O)N[C@H](C(=O)NC(CO)C(=O)N[C@H]1CCNC(=O)[C@H]([C@@H](C)O)NC(=O)[C@H](CCN)NC(=O)[C@H](CO)NC(=O)[C@H]([C@@H](C)O)NC(=O)[C@@H](Cc2ccccc2)NC(=O)[C@H](CCN)NC1=O)[C@@H](C)O. The van der Waals surface area contributed by atoms with Gasteiger partial charge in [-0.2, -0.15) is 0 Å². The molecule has 81 heavy (non-hydrogen) atoms. The zero-order chi connectivity index (χ0) is 60.8. The maximum Gasteiger partial charge on any atom is 0.245 e. The van der Waals surface area contributed by atoms with Crippen LogP contribution in [0.1, 0.15) is 97.5 Å². The number of aliphatic hydroxyl groups excluding tert-OH is 5. The van der Waals surface area contributed by atoms with Gasteiger partial charge in [0.1, 0.15) is 60.4 Å². The van der Waals surface area contributed by atoms with Crippen molar-refractivity contribution in [3.63, 3.8) is 0 Å². The highest BCUT2D eigenvalue weighted by molar-refractivity contribution is 5.99. The molecule has 1 aromatic carbocycles. The van der Waals surface area contributed by atoms with E-state index >= 15 is 0 Å². The summed E-state index contributed by atoms with van der Waals surface area (Å²) >= 11 is 0. The highest BCUT2D eigenvalue weighted by Crippen LogP contribution is 2.10. The minimum atomic E-state index is -1.92. The minimum Gasteiger partial charge on any atom is -0.394 e. The van der Waals surface area contributed by atoms with Gasteiger partial charge in [-0.15, -0.1) is 0 Å². The quantitative estimate of drug-likeness (QED) is 0.0383. The molecule has 0 radical (unpaired) electrons. The van der Waals surface area contributed by atoms with E-state index in [-0.39, 0.29) is 51.7 Å². The molecule has 1 heterocycles. The van der Waals surface area contributed by atoms with E-state index in [1.54, 1.807) is 30.3 Å². The lowest BCUT2D eigenvalue weighted by Gasteiger charge is -2.28. The second-order valence-electron chi connectivity index (χ2n) is 19.7. The van der Waals surface area contributed by atoms with Crippen LogP contribution in [0.4, 0.5) is 0 Å². The third-order valence-electron chi connectivity index (χ3n) is 12.9. The minimum absolute atomic E-state index is 0.0509. The van der Waals surface area contributed by atoms with Crippen LogP contribution in [0.25, 0.3) is 0 Å². The number of hydrogen-bond donors (Lipinski definition) is 19. The zero-order valence-electron chi connectivity index (χ0n) is 46.4. The number of carbonyl (C=O) groups is 11. The van der Waals surface area contributed by atoms with Gasteiger partial charge in [0.15, 0.2) is 0 Å². The highest BCUT2D eigenvalue weighted by atomic mass is 16.3. The summed E-state index contributed by atoms with van der Waals surface area (Å²) in [5.74, 6) is -11.5. The number of aliphatic hydroxyl groups is 5. The third-order valence-corrected chi connectivity index (χ3v) is 12.9. The molecule has 1 aromatic rings. The Bertz CT molecular complexity index is 2230. The summed E-state index contributed by atoms with van der Waals surface area (Å²) < 4.78 is 0. The first-order chi connectivity index (χ1) is 38.5. The first kappa shape index (κ1) is 70.2. The van der Waals surface area contributed by atoms with Crippen molar-refractivity contribution >= 4 is 65.0 Å². The number of unbranched alkanes of at least 4 members (excludes halogenated alkanes) is 4. The average Bonchev–Trinajstić information content (AvgIpc) is 3.43. The highest BCUT2D eigenvalue weighted by Gasteiger charge is 2.38. The third kappa shape index (κ3) is 24.4. The summed E-state index contributed by atoms with van der Waals surface area (Å²) in [6.07, 6.45) is -1.98. The summed E-state index contributed by atoms with van der Waals surface area (Å²) in [6, 6.07) is -8.65. The van der Waals surface area contributed by atoms with Gasteiger partial charge in [-0.3, -0.25) is 52.7 Å². The molecule has 1 fully saturated rings. The second-order valence-corrected chi connectivity index (χ2v) is 19.7. The molecule has 30 nitrogen and oxygen atoms in total. The molecule has 11 amide bonds. The van der Waals surface area contributed by atoms with E-state index in [9.17, 15) is 78.3 Å². The zero-order valence-corrected chi connectivity index (χ0v) is 46.4. The van der Waals surface area contributed by atoms with Crippen LogP contribution in [0.2, 0.25) is 0 Å². The Morgan fingerprint density at radius 3 is 1.67 bits per heavy atom. The fraction of sp³-hybridized carbons (Fsp3) is 0.667. The van der Waals surface area contributed by atoms with Crippen molar-refractivity contribution in [2.75, 3.05) is 39.4 Å². The summed E-state index contributed by atoms with van der Waals surface area (Å²) in [7, 11) is 0. The Hall–Kier alpha value is -6.93. The molecule has 1 aliphatic heterocycles. The van der Waals surface area contributed by atoms with Crippen molar-refractivity contribution in [2.24, 2.45) is 17.2 Å². The van der Waals surface area contributed by atoms with Gasteiger partial charge >= 0.3 is 0 Å². The lowest BCUT2D eigenvalue weighted by atomic mass is 10.0. The van der Waals surface area contributed by atoms with E-state index in [0.29, 0.717) is 12.0 Å². The van der Waals surface area contributed by atoms with Crippen molar-refractivity contribution in [1.29, 1.82) is 0 Å². The Morgan fingerprint density at radius 1 is 0.593 bits per heavy atom. The summed E-state index contributed by atoms with van der Waals surface area (Å²) in [5.41, 5.74) is 17.8. The normalized spacial score (nSPS) is 23.4. The lowest BCUT2D eigenvalue weighted by molar-refractivity contribution is -0.137. The first-order valence-corrected chi connectivity index (χ1v) is 27.2. The number of benzene rings is 1. The average molecular weight is 1150 g/mol. The molecule has 1 saturated heterocycles. The van der Waals surface area contributed by atoms with Crippen molar-refractivity contribution in [1.82, 2.24) is 58.5 Å². The van der Waals surface area contributed by atoms with E-state index < -0.39 is 170 Å². The topological polar surface area (TPSA) is 499 Å². The first-order valence-electron chi connectivity index (χ1n) is 27.2. The molecule has 1 unspecified atom stereocenters. The molecule has 13 atom stereocenters. The predicted molar refractivity (Wildman–Crippen MR) is 291 cm³/mol. The van der Waals surface area contributed by atoms with E-state index in [1.807, 2.05) is 6.92 Å². The number of nitrogens with one attached hydrogen (secondary N) is 11. The van der Waals surface area contributed by atoms with Crippen LogP contribution in [0.3, 0.4) is 0 Å². The van der Waals surface area contributed by atoms with Crippen molar-refractivity contribution in [2.45, 2.75) is 177 Å². The number of rotatable bonds is 26. The lowest BCUT2D eigenvalue weighted by Crippen LogP contribution is -2.63. The summed E-state index contributed by atoms with van der Waals surface area (Å²) in [6.45, 7) is 2.16. The monoisotopic (exact) mass is 1150 g/mol. The fourth-order valence-electron chi connectivity index (χ4n) is 8.22. The van der Waals surface area contributed by atoms with Crippen LogP contribution in [-0.2, 0) is 59.2 Å². The van der Waals surface area contributed by atoms with Crippen molar-refractivity contribution < 1.29 is 78.3 Å². The molecule has 0 spiro atoms. The Morgan fingerprint density at radius 2 is 1.12 bits per heavy atom. The molecule has 30 heteroatoms. The molecule has 2 rings (SSSR count). The largest absolute Gasteiger partial charge is 0.394 e. The van der Waals surface area contributed by atoms with E-state index in [2.05, 4.69) is 58.5 Å². The fourth-order valence-corrected chi connectivity index (χ4v) is 8.22. The Kier molecular flexibility index (Phi) is 32.2. The van der Waals surface area contributed by atoms with Gasteiger partial charge in [0.2, 0.25) is 65.0 Å². The smallest absolute Gasteiger partial charge is 0.245 e. The van der Waals surface area contributed by atoms with Crippen LogP contribution < -0.4 is 75.7 Å². The van der Waals surface area contributed by atoms with Gasteiger partial charge < -0.3 is 101 Å². The molecular formula is C51H86N14O16. The van der Waals surface area contributed by atoms with Crippen LogP contribution >= 0.6 is 0 Å². The van der Waals surface area contributed by atoms with E-state index in [0.717, 1.165) is 46.5 Å². The molecule has 456 valence electrons. The molecule has 0 bridgehead atoms. The van der Waals surface area contributed by atoms with Crippen molar-refractivity contribution in [3.05, 3.63) is 35.9 Å². The van der Waals surface area contributed by atoms with Gasteiger partial charge in [0.05, 0.1) is 31.5 Å². The molecule has 22 N–H and O–H groups in total. The maximum atomic E-state index is 14.3. The van der Waals surface area contributed by atoms with Crippen LogP contribution in [0.5, 0.6) is 0 Å². The second kappa shape index (κ2) is 37.2. The standard InChI is InChI=1S/C51H86N14O16/c1-5-6-7-8-12-15-38(71)56-31(16-20-52)44(74)64-40(28(3)69)50(80)62-37(26-67)48(78)59-34-19-23-55-49(79)39(27(2)68)63-45(75)33(18-22-54)58-47(77)36(25-66)61-51(81)41(29(4)70)65-46(76)35(24-30-13-10-9-11-14-30)60-42(72)32(17-21-53)57-43(34)73/h9-11,13-14,27-29,31-37,39-41,66-70H,5-8,12,15-26,52-54H2,1-4H3,(H,55,79)(H,56,71)(H,57,73)(H,58,77)(H,59,78)(H,60,72)(H,61,81)(H,62,80)(H,63,75)(H,64,74)(H,65,76)/t27-,28-,29-,31+,32+,33+,34+,35-,36+,37?,39+,40+,41+/m1/s1. The van der Waals surface area contributed by atoms with Gasteiger partial charge in [0, 0.05) is 19.4 Å². The van der Waals surface area contributed by atoms with Gasteiger partial charge in [-0.25, -0.2) is 0 Å². The van der Waals surface area contributed by atoms with Crippen LogP contribution in [0, 0.1) is 0 Å². The van der Waals surface area contributed by atoms with E-state index in [4.69, 9.17) is 17.2 Å². The summed E-state index contributed by atoms with van der Waals surface area (Å²) in [5, 5.41) is 78.6. The molecule has 0 saturated carbocycles. The summed E-state index contributed by atoms with van der Waals surface area (Å²) in [4.78, 5) is 151. The van der Waals surface area contributed by atoms with Gasteiger partial charge in [-0.1, -0.05) is 62.9 Å². The van der Waals surface area contributed by atoms with Crippen LogP contribution in [0.15, 0.2) is 30.3 Å². The molecule has 0 aromatic heterocycles. The predicted octanol–water partition coefficient (Wildman–Crippen LogP) is -7.87. The van der Waals surface area contributed by atoms with E-state index in [1.165, 1.54) is 0 Å². The number of amides is 11. The number of nitrogens with two attached hydrogens (primary N) is 3. The van der Waals surface area contributed by atoms with Crippen LogP contribution in [-0.4, -0.2) is 209 Å². The number of hydrogen-bond acceptors (Lipinski definition) is 19. The molecule has 0 aliphatic carbocycles. The Labute approximate surface area is 470 Å². The Balaban J connectivity index is 2.62.